The lowest BCUT2D eigenvalue weighted by atomic mass is 10.2. The van der Waals surface area contributed by atoms with Crippen LogP contribution in [0, 0.1) is 6.92 Å². The van der Waals surface area contributed by atoms with Crippen LogP contribution in [0.1, 0.15) is 15.9 Å². The molecule has 0 aliphatic heterocycles. The molecular formula is C12H9BrN2O3. The van der Waals surface area contributed by atoms with E-state index in [2.05, 4.69) is 25.9 Å². The van der Waals surface area contributed by atoms with Crippen LogP contribution in [0.5, 0.6) is 11.6 Å². The van der Waals surface area contributed by atoms with Crippen LogP contribution >= 0.6 is 15.9 Å². The van der Waals surface area contributed by atoms with E-state index in [-0.39, 0.29) is 5.56 Å². The third kappa shape index (κ3) is 2.84. The molecule has 1 N–H and O–H groups in total. The molecule has 0 aliphatic rings. The Morgan fingerprint density at radius 3 is 2.72 bits per heavy atom. The smallest absolute Gasteiger partial charge is 0.337 e. The Bertz CT molecular complexity index is 602. The topological polar surface area (TPSA) is 72.3 Å². The number of carbonyl (C=O) groups is 1. The molecule has 0 saturated carbocycles. The zero-order valence-corrected chi connectivity index (χ0v) is 11.0. The highest BCUT2D eigenvalue weighted by molar-refractivity contribution is 9.10. The van der Waals surface area contributed by atoms with Gasteiger partial charge in [0.1, 0.15) is 5.75 Å². The van der Waals surface area contributed by atoms with Crippen molar-refractivity contribution in [3.05, 3.63) is 46.3 Å². The van der Waals surface area contributed by atoms with Crippen molar-refractivity contribution in [2.45, 2.75) is 6.92 Å². The highest BCUT2D eigenvalue weighted by Gasteiger charge is 2.09. The number of carboxylic acid groups (broad SMARTS) is 1. The van der Waals surface area contributed by atoms with Gasteiger partial charge in [-0.3, -0.25) is 4.98 Å². The van der Waals surface area contributed by atoms with Gasteiger partial charge < -0.3 is 9.84 Å². The van der Waals surface area contributed by atoms with Gasteiger partial charge in [0.05, 0.1) is 11.8 Å². The summed E-state index contributed by atoms with van der Waals surface area (Å²) in [6.45, 7) is 1.74. The van der Waals surface area contributed by atoms with E-state index in [1.165, 1.54) is 12.3 Å². The molecule has 2 rings (SSSR count). The lowest BCUT2D eigenvalue weighted by Gasteiger charge is -2.07. The summed E-state index contributed by atoms with van der Waals surface area (Å²) in [7, 11) is 0. The number of rotatable bonds is 3. The Balaban J connectivity index is 2.27. The summed E-state index contributed by atoms with van der Waals surface area (Å²) in [4.78, 5) is 18.7. The second-order valence-electron chi connectivity index (χ2n) is 3.59. The van der Waals surface area contributed by atoms with E-state index in [1.54, 1.807) is 25.4 Å². The number of ether oxygens (including phenoxy) is 1. The molecule has 0 spiro atoms. The number of aromatic carboxylic acids is 1. The van der Waals surface area contributed by atoms with E-state index in [0.29, 0.717) is 17.2 Å². The summed E-state index contributed by atoms with van der Waals surface area (Å²) in [5.74, 6) is -0.121. The van der Waals surface area contributed by atoms with Gasteiger partial charge in [-0.25, -0.2) is 9.78 Å². The van der Waals surface area contributed by atoms with Crippen LogP contribution in [0.3, 0.4) is 0 Å². The fourth-order valence-corrected chi connectivity index (χ4v) is 1.69. The van der Waals surface area contributed by atoms with Gasteiger partial charge in [-0.15, -0.1) is 0 Å². The Morgan fingerprint density at radius 1 is 1.33 bits per heavy atom. The van der Waals surface area contributed by atoms with E-state index in [9.17, 15) is 4.79 Å². The van der Waals surface area contributed by atoms with E-state index < -0.39 is 5.97 Å². The van der Waals surface area contributed by atoms with Gasteiger partial charge in [0.25, 0.3) is 0 Å². The Hall–Kier alpha value is -1.95. The largest absolute Gasteiger partial charge is 0.478 e. The van der Waals surface area contributed by atoms with Gasteiger partial charge in [-0.2, -0.15) is 0 Å². The molecule has 0 bridgehead atoms. The van der Waals surface area contributed by atoms with Gasteiger partial charge in [-0.05, 0) is 35.0 Å². The summed E-state index contributed by atoms with van der Waals surface area (Å²) in [6, 6.07) is 3.26. The average Bonchev–Trinajstić information content (AvgIpc) is 2.31. The third-order valence-corrected chi connectivity index (χ3v) is 2.61. The molecule has 0 fully saturated rings. The van der Waals surface area contributed by atoms with Crippen molar-refractivity contribution in [1.82, 2.24) is 9.97 Å². The first-order chi connectivity index (χ1) is 8.56. The number of hydrogen-bond donors (Lipinski definition) is 1. The monoisotopic (exact) mass is 308 g/mol. The maximum atomic E-state index is 10.8. The number of hydrogen-bond acceptors (Lipinski definition) is 4. The molecule has 2 aromatic rings. The first kappa shape index (κ1) is 12.5. The number of halogens is 1. The maximum Gasteiger partial charge on any atom is 0.337 e. The van der Waals surface area contributed by atoms with Crippen LogP contribution < -0.4 is 4.74 Å². The molecule has 6 heteroatoms. The molecule has 0 unspecified atom stereocenters. The summed E-state index contributed by atoms with van der Waals surface area (Å²) in [5.41, 5.74) is 0.780. The van der Waals surface area contributed by atoms with Crippen molar-refractivity contribution in [3.8, 4) is 11.6 Å². The van der Waals surface area contributed by atoms with Crippen LogP contribution in [-0.4, -0.2) is 21.0 Å². The number of nitrogens with zero attached hydrogens (tertiary/aromatic N) is 2. The van der Waals surface area contributed by atoms with Crippen molar-refractivity contribution in [1.29, 1.82) is 0 Å². The van der Waals surface area contributed by atoms with Crippen molar-refractivity contribution >= 4 is 21.9 Å². The lowest BCUT2D eigenvalue weighted by molar-refractivity contribution is 0.0696. The molecular weight excluding hydrogens is 300 g/mol. The summed E-state index contributed by atoms with van der Waals surface area (Å²) in [6.07, 6.45) is 4.45. The Morgan fingerprint density at radius 2 is 2.11 bits per heavy atom. The van der Waals surface area contributed by atoms with Gasteiger partial charge in [0.2, 0.25) is 5.88 Å². The highest BCUT2D eigenvalue weighted by Crippen LogP contribution is 2.24. The quantitative estimate of drug-likeness (QED) is 0.943. The van der Waals surface area contributed by atoms with Gasteiger partial charge in [-0.1, -0.05) is 0 Å². The summed E-state index contributed by atoms with van der Waals surface area (Å²) < 4.78 is 6.32. The predicted molar refractivity (Wildman–Crippen MR) is 67.9 cm³/mol. The molecule has 2 heterocycles. The molecule has 0 saturated heterocycles. The van der Waals surface area contributed by atoms with Crippen LogP contribution in [0.25, 0.3) is 0 Å². The SMILES string of the molecule is Cc1cc(C(=O)O)cnc1Oc1cncc(Br)c1. The predicted octanol–water partition coefficient (Wildman–Crippen LogP) is 3.04. The van der Waals surface area contributed by atoms with Gasteiger partial charge in [0, 0.05) is 22.4 Å². The Kier molecular flexibility index (Phi) is 3.57. The molecule has 0 atom stereocenters. The zero-order chi connectivity index (χ0) is 13.1. The van der Waals surface area contributed by atoms with Crippen molar-refractivity contribution in [2.75, 3.05) is 0 Å². The normalized spacial score (nSPS) is 10.1. The molecule has 0 aromatic carbocycles. The fraction of sp³-hybridized carbons (Fsp3) is 0.0833. The molecule has 18 heavy (non-hydrogen) atoms. The maximum absolute atomic E-state index is 10.8. The van der Waals surface area contributed by atoms with Crippen LogP contribution in [-0.2, 0) is 0 Å². The summed E-state index contributed by atoms with van der Waals surface area (Å²) >= 11 is 3.28. The van der Waals surface area contributed by atoms with E-state index in [0.717, 1.165) is 4.47 Å². The lowest BCUT2D eigenvalue weighted by Crippen LogP contribution is -2.00. The van der Waals surface area contributed by atoms with E-state index in [4.69, 9.17) is 9.84 Å². The molecule has 5 nitrogen and oxygen atoms in total. The number of pyridine rings is 2. The molecule has 0 amide bonds. The van der Waals surface area contributed by atoms with Gasteiger partial charge >= 0.3 is 5.97 Å². The first-order valence-corrected chi connectivity index (χ1v) is 5.84. The number of aryl methyl sites for hydroxylation is 1. The standard InChI is InChI=1S/C12H9BrN2O3/c1-7-2-8(12(16)17)4-15-11(7)18-10-3-9(13)5-14-6-10/h2-6H,1H3,(H,16,17). The second-order valence-corrected chi connectivity index (χ2v) is 4.51. The number of carboxylic acids is 1. The molecule has 92 valence electrons. The molecule has 2 aromatic heterocycles. The average molecular weight is 309 g/mol. The zero-order valence-electron chi connectivity index (χ0n) is 9.42. The van der Waals surface area contributed by atoms with E-state index in [1.807, 2.05) is 0 Å². The third-order valence-electron chi connectivity index (χ3n) is 2.17. The van der Waals surface area contributed by atoms with Crippen LogP contribution in [0.2, 0.25) is 0 Å². The number of aromatic nitrogens is 2. The minimum atomic E-state index is -1.01. The minimum Gasteiger partial charge on any atom is -0.478 e. The first-order valence-electron chi connectivity index (χ1n) is 5.04. The molecule has 0 aliphatic carbocycles. The minimum absolute atomic E-state index is 0.132. The summed E-state index contributed by atoms with van der Waals surface area (Å²) in [5, 5.41) is 8.83. The van der Waals surface area contributed by atoms with Crippen molar-refractivity contribution in [3.63, 3.8) is 0 Å². The van der Waals surface area contributed by atoms with Crippen molar-refractivity contribution in [2.24, 2.45) is 0 Å². The molecule has 0 radical (unpaired) electrons. The fourth-order valence-electron chi connectivity index (χ4n) is 1.35. The van der Waals surface area contributed by atoms with E-state index >= 15 is 0 Å². The highest BCUT2D eigenvalue weighted by atomic mass is 79.9. The van der Waals surface area contributed by atoms with Crippen LogP contribution in [0.4, 0.5) is 0 Å². The Labute approximate surface area is 112 Å². The van der Waals surface area contributed by atoms with Gasteiger partial charge in [0.15, 0.2) is 0 Å². The van der Waals surface area contributed by atoms with Crippen molar-refractivity contribution < 1.29 is 14.6 Å². The second kappa shape index (κ2) is 5.14. The van der Waals surface area contributed by atoms with Crippen LogP contribution in [0.15, 0.2) is 35.2 Å².